The molecule has 0 spiro atoms. The van der Waals surface area contributed by atoms with Crippen LogP contribution in [0.15, 0.2) is 151 Å². The Balaban J connectivity index is 0.923. The second kappa shape index (κ2) is 12.8. The summed E-state index contributed by atoms with van der Waals surface area (Å²) in [6, 6.07) is 49.9. The summed E-state index contributed by atoms with van der Waals surface area (Å²) in [5.41, 5.74) is 14.7. The van der Waals surface area contributed by atoms with Gasteiger partial charge in [-0.05, 0) is 127 Å². The maximum absolute atomic E-state index is 6.37. The zero-order valence-electron chi connectivity index (χ0n) is 32.4. The van der Waals surface area contributed by atoms with Gasteiger partial charge in [0.1, 0.15) is 0 Å². The summed E-state index contributed by atoms with van der Waals surface area (Å²) >= 11 is 2.07. The van der Waals surface area contributed by atoms with Crippen molar-refractivity contribution in [1.82, 2.24) is 0 Å². The van der Waals surface area contributed by atoms with Crippen LogP contribution in [0.25, 0.3) is 22.4 Å². The first-order valence-electron chi connectivity index (χ1n) is 20.4. The quantitative estimate of drug-likeness (QED) is 0.163. The highest BCUT2D eigenvalue weighted by molar-refractivity contribution is 8.01. The lowest BCUT2D eigenvalue weighted by Gasteiger charge is -2.50. The van der Waals surface area contributed by atoms with Crippen molar-refractivity contribution in [3.8, 4) is 22.6 Å². The number of allylic oxidation sites excluding steroid dienone is 1. The summed E-state index contributed by atoms with van der Waals surface area (Å²) in [7, 11) is 0. The highest BCUT2D eigenvalue weighted by Crippen LogP contribution is 2.56. The standard InChI is InChI=1S/C52H46N2OS/c1-51(2)41-32-34(24-28-38(41)39-29-27-36(33-42(39)51)53-46-18-8-11-21-49(46)56-52(3)31-13-12-22-50(52)53)23-25-35-26-30-43(40-15-5-4-14-37(35)40)54-44-16-6-9-19-47(44)55-48-20-10-7-17-45(48)54/h4-12,14-22,24,27-29,32-33,50H,13,23,25-26,30-31H2,1-3H3/t50-,52?/m1/s1. The Kier molecular flexibility index (Phi) is 7.73. The van der Waals surface area contributed by atoms with Crippen molar-refractivity contribution in [3.63, 3.8) is 0 Å². The molecule has 1 unspecified atom stereocenters. The van der Waals surface area contributed by atoms with Crippen LogP contribution in [-0.2, 0) is 11.8 Å². The lowest BCUT2D eigenvalue weighted by atomic mass is 9.81. The molecule has 0 aromatic heterocycles. The molecule has 2 heterocycles. The molecule has 2 atom stereocenters. The van der Waals surface area contributed by atoms with E-state index < -0.39 is 0 Å². The van der Waals surface area contributed by atoms with Gasteiger partial charge in [-0.25, -0.2) is 0 Å². The van der Waals surface area contributed by atoms with Crippen LogP contribution in [0.4, 0.5) is 22.7 Å². The van der Waals surface area contributed by atoms with E-state index in [0.717, 1.165) is 55.0 Å². The molecule has 4 heteroatoms. The van der Waals surface area contributed by atoms with Crippen molar-refractivity contribution in [3.05, 3.63) is 173 Å². The molecule has 0 amide bonds. The van der Waals surface area contributed by atoms with E-state index in [1.54, 1.807) is 5.57 Å². The first-order chi connectivity index (χ1) is 27.4. The van der Waals surface area contributed by atoms with Gasteiger partial charge < -0.3 is 14.5 Å². The van der Waals surface area contributed by atoms with E-state index in [9.17, 15) is 0 Å². The van der Waals surface area contributed by atoms with Gasteiger partial charge in [0.05, 0.1) is 23.1 Å². The number of thioether (sulfide) groups is 1. The third-order valence-corrected chi connectivity index (χ3v) is 14.7. The minimum absolute atomic E-state index is 0.0916. The summed E-state index contributed by atoms with van der Waals surface area (Å²) in [5.74, 6) is 1.81. The number of anilines is 4. The molecule has 11 rings (SSSR count). The SMILES string of the molecule is CC1(C)c2cc(CCC3=c4ccccc4=C(N4c5ccccc5Oc5ccccc54)CC3)ccc2-c2ccc(N3c4ccccc4SC4(C)CCC=C[C@@H]34)cc21. The predicted molar refractivity (Wildman–Crippen MR) is 234 cm³/mol. The number of fused-ring (bicyclic) bond motifs is 8. The van der Waals surface area contributed by atoms with E-state index in [4.69, 9.17) is 4.74 Å². The van der Waals surface area contributed by atoms with Gasteiger partial charge >= 0.3 is 0 Å². The monoisotopic (exact) mass is 746 g/mol. The fourth-order valence-corrected chi connectivity index (χ4v) is 11.7. The van der Waals surface area contributed by atoms with Crippen molar-refractivity contribution in [1.29, 1.82) is 0 Å². The average Bonchev–Trinajstić information content (AvgIpc) is 3.45. The second-order valence-corrected chi connectivity index (χ2v) is 18.4. The molecular formula is C52H46N2OS. The average molecular weight is 747 g/mol. The fourth-order valence-electron chi connectivity index (χ4n) is 10.3. The zero-order chi connectivity index (χ0) is 37.6. The minimum Gasteiger partial charge on any atom is -0.453 e. The molecule has 0 fully saturated rings. The summed E-state index contributed by atoms with van der Waals surface area (Å²) in [6.45, 7) is 7.33. The van der Waals surface area contributed by atoms with Gasteiger partial charge in [0, 0.05) is 31.7 Å². The Morgan fingerprint density at radius 2 is 1.32 bits per heavy atom. The summed E-state index contributed by atoms with van der Waals surface area (Å²) in [5, 5.41) is 2.72. The van der Waals surface area contributed by atoms with Gasteiger partial charge in [0.25, 0.3) is 0 Å². The van der Waals surface area contributed by atoms with E-state index in [-0.39, 0.29) is 10.2 Å². The number of rotatable bonds is 5. The fraction of sp³-hybridized carbons (Fsp3) is 0.231. The molecule has 3 aliphatic carbocycles. The van der Waals surface area contributed by atoms with Crippen molar-refractivity contribution < 1.29 is 4.74 Å². The molecule has 0 bridgehead atoms. The van der Waals surface area contributed by atoms with E-state index in [2.05, 4.69) is 188 Å². The maximum Gasteiger partial charge on any atom is 0.151 e. The van der Waals surface area contributed by atoms with Gasteiger partial charge in [-0.3, -0.25) is 0 Å². The minimum atomic E-state index is -0.0916. The van der Waals surface area contributed by atoms with E-state index in [1.807, 2.05) is 0 Å². The predicted octanol–water partition coefficient (Wildman–Crippen LogP) is 12.3. The van der Waals surface area contributed by atoms with Gasteiger partial charge in [0.15, 0.2) is 11.5 Å². The smallest absolute Gasteiger partial charge is 0.151 e. The Morgan fingerprint density at radius 3 is 2.11 bits per heavy atom. The molecule has 0 radical (unpaired) electrons. The van der Waals surface area contributed by atoms with Crippen molar-refractivity contribution in [2.24, 2.45) is 0 Å². The van der Waals surface area contributed by atoms with Crippen molar-refractivity contribution in [2.75, 3.05) is 9.80 Å². The third kappa shape index (κ3) is 5.18. The van der Waals surface area contributed by atoms with Gasteiger partial charge in [0.2, 0.25) is 0 Å². The van der Waals surface area contributed by atoms with Crippen LogP contribution in [0.2, 0.25) is 0 Å². The molecule has 56 heavy (non-hydrogen) atoms. The summed E-state index contributed by atoms with van der Waals surface area (Å²) in [6.07, 6.45) is 11.3. The number of nitrogens with zero attached hydrogens (tertiary/aromatic N) is 2. The Bertz CT molecular complexity index is 2700. The zero-order valence-corrected chi connectivity index (χ0v) is 33.2. The van der Waals surface area contributed by atoms with E-state index in [1.165, 1.54) is 66.6 Å². The van der Waals surface area contributed by atoms with E-state index >= 15 is 0 Å². The molecule has 6 aromatic carbocycles. The Morgan fingerprint density at radius 1 is 0.661 bits per heavy atom. The second-order valence-electron chi connectivity index (χ2n) is 16.9. The number of para-hydroxylation sites is 5. The molecule has 5 aliphatic rings. The topological polar surface area (TPSA) is 15.7 Å². The third-order valence-electron chi connectivity index (χ3n) is 13.2. The highest BCUT2D eigenvalue weighted by Gasteiger charge is 2.45. The molecule has 2 aliphatic heterocycles. The van der Waals surface area contributed by atoms with Crippen LogP contribution in [0.1, 0.15) is 69.6 Å². The van der Waals surface area contributed by atoms with Crippen molar-refractivity contribution >= 4 is 45.8 Å². The number of aryl methyl sites for hydroxylation is 1. The van der Waals surface area contributed by atoms with Gasteiger partial charge in [-0.2, -0.15) is 0 Å². The van der Waals surface area contributed by atoms with Crippen LogP contribution in [0.5, 0.6) is 11.5 Å². The first-order valence-corrected chi connectivity index (χ1v) is 21.2. The first kappa shape index (κ1) is 33.9. The normalized spacial score (nSPS) is 20.9. The molecule has 0 saturated heterocycles. The lowest BCUT2D eigenvalue weighted by molar-refractivity contribution is 0.476. The largest absolute Gasteiger partial charge is 0.453 e. The molecule has 0 N–H and O–H groups in total. The molecule has 276 valence electrons. The van der Waals surface area contributed by atoms with Gasteiger partial charge in [-0.1, -0.05) is 117 Å². The number of hydrogen-bond donors (Lipinski definition) is 0. The van der Waals surface area contributed by atoms with Gasteiger partial charge in [-0.15, -0.1) is 11.8 Å². The number of benzene rings is 6. The van der Waals surface area contributed by atoms with Crippen LogP contribution in [0.3, 0.4) is 0 Å². The Hall–Kier alpha value is -5.45. The van der Waals surface area contributed by atoms with Crippen LogP contribution >= 0.6 is 11.8 Å². The summed E-state index contributed by atoms with van der Waals surface area (Å²) < 4.78 is 6.51. The lowest BCUT2D eigenvalue weighted by Crippen LogP contribution is -2.50. The van der Waals surface area contributed by atoms with Crippen LogP contribution in [0, 0.1) is 0 Å². The number of ether oxygens (including phenoxy) is 1. The van der Waals surface area contributed by atoms with Crippen LogP contribution in [-0.4, -0.2) is 10.8 Å². The number of hydrogen-bond acceptors (Lipinski definition) is 4. The highest BCUT2D eigenvalue weighted by atomic mass is 32.2. The van der Waals surface area contributed by atoms with E-state index in [0.29, 0.717) is 6.04 Å². The molecular weight excluding hydrogens is 701 g/mol. The molecule has 3 nitrogen and oxygen atoms in total. The van der Waals surface area contributed by atoms with Crippen LogP contribution < -0.4 is 25.0 Å². The molecule has 6 aromatic rings. The maximum atomic E-state index is 6.37. The van der Waals surface area contributed by atoms with Crippen molar-refractivity contribution in [2.45, 2.75) is 80.4 Å². The Labute approximate surface area is 334 Å². The summed E-state index contributed by atoms with van der Waals surface area (Å²) in [4.78, 5) is 6.46. The molecule has 0 saturated carbocycles.